The van der Waals surface area contributed by atoms with Gasteiger partial charge in [-0.1, -0.05) is 336 Å². The summed E-state index contributed by atoms with van der Waals surface area (Å²) in [7, 11) is 0. The molecular weight excluding hydrogens is 1870 g/mol. The molecule has 0 unspecified atom stereocenters. The third kappa shape index (κ3) is 18.9. The van der Waals surface area contributed by atoms with E-state index in [0.717, 1.165) is 61.6 Å². The molecule has 9 aromatic rings. The van der Waals surface area contributed by atoms with Crippen LogP contribution in [0.25, 0.3) is 0 Å². The number of ether oxygens (including phenoxy) is 4. The van der Waals surface area contributed by atoms with Gasteiger partial charge in [0.2, 0.25) is 0 Å². The normalized spacial score (nSPS) is 32.0. The van der Waals surface area contributed by atoms with E-state index in [0.29, 0.717) is 60.8 Å². The monoisotopic (exact) mass is 2030 g/mol. The summed E-state index contributed by atoms with van der Waals surface area (Å²) < 4.78 is 27.2. The minimum absolute atomic E-state index is 0. The van der Waals surface area contributed by atoms with Crippen molar-refractivity contribution in [3.05, 3.63) is 376 Å². The van der Waals surface area contributed by atoms with E-state index < -0.39 is 131 Å². The number of fused-ring (bicyclic) bond motifs is 15. The number of rotatable bonds is 24. The number of carboxylic acid groups (broad SMARTS) is 1. The number of aliphatic carboxylic acids is 1. The van der Waals surface area contributed by atoms with E-state index in [4.69, 9.17) is 24.1 Å². The van der Waals surface area contributed by atoms with Gasteiger partial charge in [0.15, 0.2) is 17.3 Å². The molecule has 22 nitrogen and oxygen atoms in total. The number of esters is 2. The lowest BCUT2D eigenvalue weighted by Crippen LogP contribution is -2.61. The zero-order valence-electron chi connectivity index (χ0n) is 84.2. The first-order chi connectivity index (χ1) is 68.5. The van der Waals surface area contributed by atoms with E-state index in [9.17, 15) is 69.6 Å². The summed E-state index contributed by atoms with van der Waals surface area (Å²) >= 11 is 0. The minimum Gasteiger partial charge on any atom is -0.481 e. The number of aliphatic hydroxyl groups is 8. The number of aromatic nitrogens is 3. The first-order valence-electron chi connectivity index (χ1n) is 50.9. The van der Waals surface area contributed by atoms with Crippen LogP contribution in [0, 0.1) is 87.3 Å². The van der Waals surface area contributed by atoms with Crippen molar-refractivity contribution in [3.63, 3.8) is 0 Å². The van der Waals surface area contributed by atoms with Crippen LogP contribution < -0.4 is 0 Å². The lowest BCUT2D eigenvalue weighted by Gasteiger charge is -2.50. The van der Waals surface area contributed by atoms with E-state index in [2.05, 4.69) is 122 Å². The molecule has 3 heterocycles. The molecule has 0 spiro atoms. The lowest BCUT2D eigenvalue weighted by molar-refractivity contribution is -0.187. The number of ketones is 3. The molecule has 6 saturated carbocycles. The average molecular weight is 2030 g/mol. The summed E-state index contributed by atoms with van der Waals surface area (Å²) in [6.45, 7) is 23.2. The Hall–Kier alpha value is -11.8. The maximum Gasteiger partial charge on any atom is 0.306 e. The molecule has 22 heteroatoms. The Morgan fingerprint density at radius 2 is 0.611 bits per heavy atom. The molecule has 0 amide bonds. The third-order valence-electron chi connectivity index (χ3n) is 35.8. The summed E-state index contributed by atoms with van der Waals surface area (Å²) in [5.41, 5.74) is -4.04. The molecule has 9 N–H and O–H groups in total. The third-order valence-corrected chi connectivity index (χ3v) is 35.8. The highest BCUT2D eigenvalue weighted by atomic mass is 16.6. The second-order valence-corrected chi connectivity index (χ2v) is 44.7. The molecule has 12 aliphatic rings. The van der Waals surface area contributed by atoms with Crippen molar-refractivity contribution in [2.75, 3.05) is 19.8 Å². The molecule has 21 rings (SSSR count). The Balaban J connectivity index is 0.000000177. The van der Waals surface area contributed by atoms with Crippen LogP contribution in [0.15, 0.2) is 325 Å². The van der Waals surface area contributed by atoms with Crippen LogP contribution in [-0.2, 0) is 78.2 Å². The number of Topliss-reactive ketones (excluding diaryl/α,β-unsaturated/α-hetero) is 3. The number of pyridine rings is 3. The van der Waals surface area contributed by atoms with Gasteiger partial charge in [-0.05, 0) is 161 Å². The van der Waals surface area contributed by atoms with Gasteiger partial charge in [-0.2, -0.15) is 0 Å². The van der Waals surface area contributed by atoms with Crippen LogP contribution in [0.3, 0.4) is 0 Å². The summed E-state index contributed by atoms with van der Waals surface area (Å²) in [6.07, 6.45) is 19.6. The Labute approximate surface area is 880 Å². The Morgan fingerprint density at radius 3 is 0.886 bits per heavy atom. The van der Waals surface area contributed by atoms with Crippen LogP contribution in [0.1, 0.15) is 228 Å². The van der Waals surface area contributed by atoms with Crippen molar-refractivity contribution >= 4 is 35.3 Å². The fourth-order valence-electron chi connectivity index (χ4n) is 28.4. The van der Waals surface area contributed by atoms with E-state index in [1.807, 2.05) is 211 Å². The zero-order chi connectivity index (χ0) is 103. The van der Waals surface area contributed by atoms with Crippen molar-refractivity contribution in [2.45, 2.75) is 259 Å². The molecule has 0 bridgehead atoms. The van der Waals surface area contributed by atoms with Crippen molar-refractivity contribution in [1.82, 2.24) is 15.0 Å². The molecule has 6 fully saturated rings. The topological polar surface area (TPSA) is 360 Å². The SMILES string of the molecule is C.C.C.C.C.CC1=C[C@H]2[C@@]3(O)[C@H](C)C[C@]4(O)[C@H]([C@@H]3C=C(COC(c3ccccc3)(c3ccccc3)c3ccccc3)C[C@]2(O)C1=O)C4(C)C.CC1=C[C@H]2[C@@]3(O)[C@H](C)C[C@]4(OC(=O)CCc5ccccn5)[C@H]([C@@H]3C=C(CO)C[C@]2(O)C1=O)C4(C)C.CC1=C[C@H]2[C@@]3(O)[C@H](C)C[C@]4(OC(=O)CCc5ccccn5)[C@H]([C@@H]3C=C(COC(c3ccccc3)(c3ccccc3)c3ccccc3)C[C@]2(O)C1=O)C4(C)C.O=C(O)CCc1ccccn1. The van der Waals surface area contributed by atoms with Gasteiger partial charge < -0.3 is 64.9 Å². The average Bonchev–Trinajstić information content (AvgIpc) is 1.49. The summed E-state index contributed by atoms with van der Waals surface area (Å²) in [5, 5.41) is 105. The number of nitrogens with zero attached hydrogens (tertiary/aromatic N) is 3. The number of aliphatic hydroxyl groups excluding tert-OH is 1. The van der Waals surface area contributed by atoms with E-state index >= 15 is 0 Å². The Morgan fingerprint density at radius 1 is 0.349 bits per heavy atom. The molecule has 149 heavy (non-hydrogen) atoms. The number of carboxylic acids is 1. The molecule has 12 aliphatic carbocycles. The first-order valence-corrected chi connectivity index (χ1v) is 50.9. The highest BCUT2D eigenvalue weighted by molar-refractivity contribution is 6.06. The summed E-state index contributed by atoms with van der Waals surface area (Å²) in [6, 6.07) is 77.4. The van der Waals surface area contributed by atoms with Crippen molar-refractivity contribution < 1.29 is 93.7 Å². The molecule has 0 radical (unpaired) electrons. The number of hydrogen-bond donors (Lipinski definition) is 9. The molecule has 0 saturated heterocycles. The van der Waals surface area contributed by atoms with Crippen LogP contribution in [0.2, 0.25) is 0 Å². The predicted molar refractivity (Wildman–Crippen MR) is 577 cm³/mol. The minimum atomic E-state index is -1.86. The maximum atomic E-state index is 14.0. The van der Waals surface area contributed by atoms with Gasteiger partial charge in [0.05, 0.1) is 61.5 Å². The van der Waals surface area contributed by atoms with E-state index in [1.165, 1.54) is 0 Å². The number of carbonyl (C=O) groups is 6. The van der Waals surface area contributed by atoms with Gasteiger partial charge in [0.1, 0.15) is 39.2 Å². The fraction of sp³-hybridized carbons (Fsp3) is 0.457. The standard InChI is InChI=1S/C47H49NO6.C39H42O5.C28H35NO6.C8H9NO2.5CH4/c1-31-26-39-44(51,42(31)50)29-33(30-53-47(34-16-8-5-9-17-34,35-18-10-6-11-19-35)36-20-12-7-13-21-36)27-38-41-43(3,4)45(41,28-32(2)46(38,39)52)54-40(49)24-23-37-22-14-15-25-48-37;1-25-20-32-36(41,34(25)40)23-27(21-31-33-35(3,4)37(33,42)22-26(2)38(31,32)43)24-44-39(28-14-8-5-9-15-28,29-16-10-6-11-17-29)30-18-12-7-13-19-30;1-16-11-21-26(33,24(16)32)14-18(15-30)12-20-23-25(3,4)27(23,13-17(2)28(20,21)34)35-22(31)9-8-19-7-5-6-10-29-19;10-8(11)5-4-7-3-1-2-6-9-7;;;;;/h5-22,25-27,32,38-39,41,51-52H,23-24,28-30H2,1-4H3;5-21,26,31-33,41-43H,22-24H2,1-4H3;5-7,10-12,17,20-21,23,30,33-34H,8-9,13-15H2,1-4H3;1-3,6H,4-5H2,(H,10,11);5*1H4/t32-,38+,39-,41-,44-,45+,46-;26-,31+,32-,33-,36-,37+,38-;17-,20+,21-,23-,26-,27+,28-;;;;;;/m111....../s1. The Kier molecular flexibility index (Phi) is 32.9. The fourth-order valence-corrected chi connectivity index (χ4v) is 28.4. The van der Waals surface area contributed by atoms with Crippen LogP contribution >= 0.6 is 0 Å². The van der Waals surface area contributed by atoms with E-state index in [1.54, 1.807) is 57.6 Å². The van der Waals surface area contributed by atoms with Gasteiger partial charge in [0.25, 0.3) is 0 Å². The number of carbonyl (C=O) groups excluding carboxylic acids is 5. The van der Waals surface area contributed by atoms with Gasteiger partial charge in [0, 0.05) is 144 Å². The van der Waals surface area contributed by atoms with Crippen molar-refractivity contribution in [2.24, 2.45) is 87.3 Å². The lowest BCUT2D eigenvalue weighted by atomic mass is 9.60. The number of aryl methyl sites for hydroxylation is 3. The van der Waals surface area contributed by atoms with Crippen molar-refractivity contribution in [1.29, 1.82) is 0 Å². The van der Waals surface area contributed by atoms with Crippen molar-refractivity contribution in [3.8, 4) is 0 Å². The van der Waals surface area contributed by atoms with Gasteiger partial charge in [-0.25, -0.2) is 0 Å². The predicted octanol–water partition coefficient (Wildman–Crippen LogP) is 20.3. The van der Waals surface area contributed by atoms with Crippen LogP contribution in [-0.4, -0.2) is 166 Å². The molecule has 21 atom stereocenters. The highest BCUT2D eigenvalue weighted by Crippen LogP contribution is 2.80. The van der Waals surface area contributed by atoms with Crippen LogP contribution in [0.4, 0.5) is 0 Å². The van der Waals surface area contributed by atoms with Gasteiger partial charge in [-0.15, -0.1) is 0 Å². The van der Waals surface area contributed by atoms with E-state index in [-0.39, 0.29) is 149 Å². The summed E-state index contributed by atoms with van der Waals surface area (Å²) in [5.74, 6) is -8.16. The molecule has 6 aromatic carbocycles. The van der Waals surface area contributed by atoms with Crippen LogP contribution in [0.5, 0.6) is 0 Å². The molecular formula is C127H155N3O19. The second-order valence-electron chi connectivity index (χ2n) is 44.7. The number of benzene rings is 6. The molecule has 0 aliphatic heterocycles. The largest absolute Gasteiger partial charge is 0.481 e. The number of hydrogen-bond acceptors (Lipinski definition) is 21. The molecule has 792 valence electrons. The summed E-state index contributed by atoms with van der Waals surface area (Å²) in [4.78, 5) is 90.0. The highest BCUT2D eigenvalue weighted by Gasteiger charge is 2.86. The van der Waals surface area contributed by atoms with Gasteiger partial charge in [-0.3, -0.25) is 43.7 Å². The maximum absolute atomic E-state index is 14.0. The second kappa shape index (κ2) is 42.8. The first kappa shape index (κ1) is 114. The van der Waals surface area contributed by atoms with Gasteiger partial charge >= 0.3 is 17.9 Å². The molecule has 3 aromatic heterocycles. The zero-order valence-corrected chi connectivity index (χ0v) is 84.2. The Bertz CT molecular complexity index is 6320. The smallest absolute Gasteiger partial charge is 0.306 e. The quantitative estimate of drug-likeness (QED) is 0.0154.